The highest BCUT2D eigenvalue weighted by Gasteiger charge is 2.60. The van der Waals surface area contributed by atoms with Crippen LogP contribution in [0.4, 0.5) is 0 Å². The first-order chi connectivity index (χ1) is 19.7. The SMILES string of the molecule is C=C1C(CN2C(=O)C(c3ccccn3)(c3ccccn3)N(C)C2=CC(=O)c2ccc(C#N)cc2)CC2CC1C2(C)C. The van der Waals surface area contributed by atoms with Crippen LogP contribution in [0.3, 0.4) is 0 Å². The number of hydrogen-bond acceptors (Lipinski definition) is 6. The number of benzene rings is 1. The third kappa shape index (κ3) is 4.01. The number of nitrogens with zero attached hydrogens (tertiary/aromatic N) is 5. The van der Waals surface area contributed by atoms with Gasteiger partial charge in [0.2, 0.25) is 5.54 Å². The molecular formula is C34H33N5O2. The maximum absolute atomic E-state index is 14.8. The van der Waals surface area contributed by atoms with Crippen LogP contribution < -0.4 is 0 Å². The zero-order valence-corrected chi connectivity index (χ0v) is 23.6. The molecule has 4 fully saturated rings. The Kier molecular flexibility index (Phi) is 6.37. The molecule has 3 unspecified atom stereocenters. The van der Waals surface area contributed by atoms with E-state index in [1.54, 1.807) is 41.6 Å². The number of aromatic nitrogens is 2. The molecule has 2 bridgehead atoms. The van der Waals surface area contributed by atoms with Crippen LogP contribution in [0.2, 0.25) is 0 Å². The van der Waals surface area contributed by atoms with Crippen LogP contribution in [0.5, 0.6) is 0 Å². The van der Waals surface area contributed by atoms with E-state index in [9.17, 15) is 14.9 Å². The average molecular weight is 544 g/mol. The van der Waals surface area contributed by atoms with Crippen molar-refractivity contribution in [3.05, 3.63) is 120 Å². The highest BCUT2D eigenvalue weighted by molar-refractivity contribution is 6.06. The van der Waals surface area contributed by atoms with E-state index < -0.39 is 5.54 Å². The maximum atomic E-state index is 14.8. The van der Waals surface area contributed by atoms with Crippen LogP contribution in [0, 0.1) is 34.5 Å². The van der Waals surface area contributed by atoms with Gasteiger partial charge >= 0.3 is 0 Å². The summed E-state index contributed by atoms with van der Waals surface area (Å²) in [5.74, 6) is 1.20. The predicted molar refractivity (Wildman–Crippen MR) is 155 cm³/mol. The van der Waals surface area contributed by atoms with Gasteiger partial charge in [-0.3, -0.25) is 24.5 Å². The number of carbonyl (C=O) groups excluding carboxylic acids is 2. The molecule has 3 aromatic rings. The van der Waals surface area contributed by atoms with Crippen LogP contribution in [0.1, 0.15) is 54.0 Å². The third-order valence-electron chi connectivity index (χ3n) is 9.72. The molecule has 1 saturated heterocycles. The van der Waals surface area contributed by atoms with Crippen molar-refractivity contribution in [3.8, 4) is 6.07 Å². The monoisotopic (exact) mass is 543 g/mol. The highest BCUT2D eigenvalue weighted by atomic mass is 16.2. The molecule has 3 aliphatic carbocycles. The standard InChI is InChI=1S/C34H33N5O2/c1-22-25(17-26-18-27(22)33(26,2)3)21-39-31(19-28(40)24-13-11-23(20-35)12-14-24)38(4)34(32(39)41,29-9-5-7-15-36-29)30-10-6-8-16-37-30/h5-16,19,25-27H,1,17-18,21H2,2-4H3. The van der Waals surface area contributed by atoms with Crippen molar-refractivity contribution in [2.45, 2.75) is 32.2 Å². The summed E-state index contributed by atoms with van der Waals surface area (Å²) in [6.45, 7) is 9.57. The fourth-order valence-corrected chi connectivity index (χ4v) is 7.14. The Hall–Kier alpha value is -4.57. The molecule has 3 heterocycles. The highest BCUT2D eigenvalue weighted by Crippen LogP contribution is 2.62. The number of likely N-dealkylation sites (N-methyl/N-ethyl adjacent to an activating group) is 1. The fourth-order valence-electron chi connectivity index (χ4n) is 7.14. The van der Waals surface area contributed by atoms with Crippen molar-refractivity contribution in [2.24, 2.45) is 23.2 Å². The minimum absolute atomic E-state index is 0.126. The van der Waals surface area contributed by atoms with Gasteiger partial charge in [0.1, 0.15) is 5.82 Å². The van der Waals surface area contributed by atoms with Crippen molar-refractivity contribution in [2.75, 3.05) is 13.6 Å². The second-order valence-electron chi connectivity index (χ2n) is 12.0. The average Bonchev–Trinajstić information content (AvgIpc) is 3.20. The second kappa shape index (κ2) is 9.81. The molecule has 2 aromatic heterocycles. The van der Waals surface area contributed by atoms with Crippen molar-refractivity contribution < 1.29 is 9.59 Å². The van der Waals surface area contributed by atoms with Gasteiger partial charge in [-0.15, -0.1) is 0 Å². The molecule has 0 spiro atoms. The van der Waals surface area contributed by atoms with E-state index in [4.69, 9.17) is 0 Å². The summed E-state index contributed by atoms with van der Waals surface area (Å²) in [5.41, 5.74) is 2.07. The molecule has 7 nitrogen and oxygen atoms in total. The van der Waals surface area contributed by atoms with Crippen molar-refractivity contribution >= 4 is 11.7 Å². The molecule has 7 rings (SSSR count). The molecule has 0 radical (unpaired) electrons. The number of pyridine rings is 2. The van der Waals surface area contributed by atoms with Gasteiger partial charge in [-0.25, -0.2) is 0 Å². The summed E-state index contributed by atoms with van der Waals surface area (Å²) in [4.78, 5) is 41.3. The lowest BCUT2D eigenvalue weighted by molar-refractivity contribution is -0.133. The summed E-state index contributed by atoms with van der Waals surface area (Å²) < 4.78 is 0. The fraction of sp³-hybridized carbons (Fsp3) is 0.324. The summed E-state index contributed by atoms with van der Waals surface area (Å²) in [5, 5.41) is 9.18. The van der Waals surface area contributed by atoms with Crippen molar-refractivity contribution in [1.29, 1.82) is 5.26 Å². The Morgan fingerprint density at radius 3 is 2.20 bits per heavy atom. The van der Waals surface area contributed by atoms with Gasteiger partial charge in [-0.2, -0.15) is 5.26 Å². The molecule has 0 N–H and O–H groups in total. The van der Waals surface area contributed by atoms with Crippen molar-refractivity contribution in [1.82, 2.24) is 19.8 Å². The Labute approximate surface area is 240 Å². The quantitative estimate of drug-likeness (QED) is 0.237. The number of allylic oxidation sites excluding steroid dienone is 1. The third-order valence-corrected chi connectivity index (χ3v) is 9.72. The Morgan fingerprint density at radius 1 is 1.05 bits per heavy atom. The zero-order chi connectivity index (χ0) is 28.9. The van der Waals surface area contributed by atoms with E-state index in [1.807, 2.05) is 48.3 Å². The number of amides is 1. The van der Waals surface area contributed by atoms with Crippen molar-refractivity contribution in [3.63, 3.8) is 0 Å². The predicted octanol–water partition coefficient (Wildman–Crippen LogP) is 5.33. The molecular weight excluding hydrogens is 510 g/mol. The van der Waals surface area contributed by atoms with Gasteiger partial charge in [0, 0.05) is 37.6 Å². The molecule has 7 heteroatoms. The zero-order valence-electron chi connectivity index (χ0n) is 23.6. The number of ketones is 1. The van der Waals surface area contributed by atoms with E-state index in [-0.39, 0.29) is 23.0 Å². The molecule has 3 atom stereocenters. The Morgan fingerprint density at radius 2 is 1.68 bits per heavy atom. The minimum Gasteiger partial charge on any atom is -0.336 e. The van der Waals surface area contributed by atoms with Gasteiger partial charge in [0.05, 0.1) is 23.0 Å². The Bertz CT molecular complexity index is 1550. The largest absolute Gasteiger partial charge is 0.336 e. The number of hydrogen-bond donors (Lipinski definition) is 0. The summed E-state index contributed by atoms with van der Waals surface area (Å²) in [7, 11) is 1.83. The van der Waals surface area contributed by atoms with Gasteiger partial charge < -0.3 is 4.90 Å². The van der Waals surface area contributed by atoms with Crippen LogP contribution in [0.15, 0.2) is 97.1 Å². The molecule has 4 aliphatic rings. The summed E-state index contributed by atoms with van der Waals surface area (Å²) in [6, 6.07) is 19.6. The lowest BCUT2D eigenvalue weighted by Crippen LogP contribution is -2.53. The van der Waals surface area contributed by atoms with E-state index in [0.717, 1.165) is 12.8 Å². The molecule has 1 amide bonds. The van der Waals surface area contributed by atoms with Gasteiger partial charge in [-0.1, -0.05) is 38.1 Å². The van der Waals surface area contributed by atoms with Crippen LogP contribution in [0.25, 0.3) is 0 Å². The van der Waals surface area contributed by atoms with Crippen LogP contribution in [-0.2, 0) is 10.3 Å². The smallest absolute Gasteiger partial charge is 0.266 e. The van der Waals surface area contributed by atoms with Gasteiger partial charge in [-0.05, 0) is 84.5 Å². The van der Waals surface area contributed by atoms with E-state index in [0.29, 0.717) is 46.7 Å². The van der Waals surface area contributed by atoms with E-state index in [2.05, 4.69) is 36.5 Å². The maximum Gasteiger partial charge on any atom is 0.266 e. The number of fused-ring (bicyclic) bond motifs is 2. The molecule has 206 valence electrons. The number of carbonyl (C=O) groups is 2. The van der Waals surface area contributed by atoms with Gasteiger partial charge in [0.25, 0.3) is 5.91 Å². The van der Waals surface area contributed by atoms with Crippen LogP contribution >= 0.6 is 0 Å². The summed E-state index contributed by atoms with van der Waals surface area (Å²) >= 11 is 0. The molecule has 1 aliphatic heterocycles. The van der Waals surface area contributed by atoms with E-state index in [1.165, 1.54) is 11.6 Å². The lowest BCUT2D eigenvalue weighted by Gasteiger charge is -2.60. The topological polar surface area (TPSA) is 90.2 Å². The van der Waals surface area contributed by atoms with Gasteiger partial charge in [0.15, 0.2) is 5.78 Å². The number of rotatable bonds is 6. The number of nitriles is 1. The first-order valence-electron chi connectivity index (χ1n) is 14.0. The molecule has 3 saturated carbocycles. The molecule has 1 aromatic carbocycles. The summed E-state index contributed by atoms with van der Waals surface area (Å²) in [6.07, 6.45) is 7.00. The first-order valence-corrected chi connectivity index (χ1v) is 14.0. The first kappa shape index (κ1) is 26.6. The van der Waals surface area contributed by atoms with E-state index >= 15 is 0 Å². The second-order valence-corrected chi connectivity index (χ2v) is 12.0. The normalized spacial score (nSPS) is 25.1. The Balaban J connectivity index is 1.47. The lowest BCUT2D eigenvalue weighted by atomic mass is 9.45. The minimum atomic E-state index is -1.35. The molecule has 41 heavy (non-hydrogen) atoms. The van der Waals surface area contributed by atoms with Crippen LogP contribution in [-0.4, -0.2) is 45.1 Å².